The van der Waals surface area contributed by atoms with Gasteiger partial charge < -0.3 is 5.32 Å². The van der Waals surface area contributed by atoms with Gasteiger partial charge in [-0.2, -0.15) is 4.68 Å². The molecule has 7 nitrogen and oxygen atoms in total. The van der Waals surface area contributed by atoms with Gasteiger partial charge in [-0.1, -0.05) is 30.3 Å². The number of aromatic nitrogens is 4. The fourth-order valence-corrected chi connectivity index (χ4v) is 3.22. The number of nitrogens with one attached hydrogen (secondary N) is 1. The molecule has 0 aliphatic heterocycles. The van der Waals surface area contributed by atoms with Crippen LogP contribution in [0.25, 0.3) is 5.69 Å². The molecule has 3 aromatic rings. The molecule has 2 atom stereocenters. The SMILES string of the molecule is C[C@H](C(=O)Nc1ccccc1F)[S@@](=O)Cc1nnnn1-c1ccccc1. The normalized spacial score (nSPS) is 13.2. The van der Waals surface area contributed by atoms with Crippen molar-refractivity contribution in [3.8, 4) is 5.69 Å². The zero-order chi connectivity index (χ0) is 18.5. The Balaban J connectivity index is 1.70. The van der Waals surface area contributed by atoms with Crippen molar-refractivity contribution in [1.82, 2.24) is 20.2 Å². The minimum Gasteiger partial charge on any atom is -0.323 e. The summed E-state index contributed by atoms with van der Waals surface area (Å²) in [5.74, 6) is -0.715. The summed E-state index contributed by atoms with van der Waals surface area (Å²) in [5.41, 5.74) is 0.781. The second-order valence-corrected chi connectivity index (χ2v) is 7.24. The maximum Gasteiger partial charge on any atom is 0.239 e. The molecule has 9 heteroatoms. The van der Waals surface area contributed by atoms with Gasteiger partial charge in [-0.3, -0.25) is 9.00 Å². The molecule has 0 aliphatic carbocycles. The monoisotopic (exact) mass is 373 g/mol. The molecule has 1 amide bonds. The van der Waals surface area contributed by atoms with Gasteiger partial charge >= 0.3 is 0 Å². The van der Waals surface area contributed by atoms with Crippen LogP contribution in [0.4, 0.5) is 10.1 Å². The second-order valence-electron chi connectivity index (χ2n) is 5.48. The van der Waals surface area contributed by atoms with Crippen LogP contribution in [0.15, 0.2) is 54.6 Å². The Morgan fingerprint density at radius 1 is 1.19 bits per heavy atom. The Bertz CT molecular complexity index is 932. The molecular weight excluding hydrogens is 357 g/mol. The van der Waals surface area contributed by atoms with Crippen LogP contribution in [0, 0.1) is 5.82 Å². The number of para-hydroxylation sites is 2. The van der Waals surface area contributed by atoms with Gasteiger partial charge in [0.1, 0.15) is 11.1 Å². The van der Waals surface area contributed by atoms with E-state index < -0.39 is 27.8 Å². The third-order valence-electron chi connectivity index (χ3n) is 3.70. The van der Waals surface area contributed by atoms with Crippen LogP contribution in [0.2, 0.25) is 0 Å². The van der Waals surface area contributed by atoms with Gasteiger partial charge in [0.15, 0.2) is 5.82 Å². The number of nitrogens with zero attached hydrogens (tertiary/aromatic N) is 4. The van der Waals surface area contributed by atoms with Crippen LogP contribution in [0.1, 0.15) is 12.7 Å². The number of amides is 1. The Kier molecular flexibility index (Phi) is 5.47. The molecule has 134 valence electrons. The molecule has 3 rings (SSSR count). The Morgan fingerprint density at radius 2 is 1.88 bits per heavy atom. The lowest BCUT2D eigenvalue weighted by Gasteiger charge is -2.12. The summed E-state index contributed by atoms with van der Waals surface area (Å²) in [6, 6.07) is 15.0. The maximum absolute atomic E-state index is 13.6. The van der Waals surface area contributed by atoms with Gasteiger partial charge in [-0.15, -0.1) is 5.10 Å². The third kappa shape index (κ3) is 3.99. The minimum absolute atomic E-state index is 0.00620. The summed E-state index contributed by atoms with van der Waals surface area (Å²) >= 11 is 0. The van der Waals surface area contributed by atoms with E-state index in [-0.39, 0.29) is 11.4 Å². The molecular formula is C17H16FN5O2S. The first-order valence-electron chi connectivity index (χ1n) is 7.81. The molecule has 1 N–H and O–H groups in total. The highest BCUT2D eigenvalue weighted by molar-refractivity contribution is 7.85. The topological polar surface area (TPSA) is 89.8 Å². The van der Waals surface area contributed by atoms with Gasteiger partial charge in [-0.25, -0.2) is 4.39 Å². The Morgan fingerprint density at radius 3 is 2.62 bits per heavy atom. The van der Waals surface area contributed by atoms with Crippen molar-refractivity contribution < 1.29 is 13.4 Å². The summed E-state index contributed by atoms with van der Waals surface area (Å²) in [5, 5.41) is 13.0. The van der Waals surface area contributed by atoms with Gasteiger partial charge in [0.25, 0.3) is 0 Å². The van der Waals surface area contributed by atoms with E-state index in [0.29, 0.717) is 5.82 Å². The van der Waals surface area contributed by atoms with Crippen molar-refractivity contribution in [2.75, 3.05) is 5.32 Å². The lowest BCUT2D eigenvalue weighted by molar-refractivity contribution is -0.115. The number of benzene rings is 2. The first-order chi connectivity index (χ1) is 12.6. The van der Waals surface area contributed by atoms with Crippen molar-refractivity contribution >= 4 is 22.4 Å². The number of carbonyl (C=O) groups excluding carboxylic acids is 1. The third-order valence-corrected chi connectivity index (χ3v) is 5.25. The van der Waals surface area contributed by atoms with Gasteiger partial charge in [0.2, 0.25) is 5.91 Å². The molecule has 0 fully saturated rings. The van der Waals surface area contributed by atoms with Crippen molar-refractivity contribution in [3.05, 3.63) is 66.2 Å². The second kappa shape index (κ2) is 7.96. The highest BCUT2D eigenvalue weighted by Gasteiger charge is 2.23. The number of rotatable bonds is 6. The summed E-state index contributed by atoms with van der Waals surface area (Å²) in [6.07, 6.45) is 0. The number of carbonyl (C=O) groups is 1. The first kappa shape index (κ1) is 17.9. The molecule has 0 bridgehead atoms. The zero-order valence-electron chi connectivity index (χ0n) is 13.9. The predicted molar refractivity (Wildman–Crippen MR) is 95.5 cm³/mol. The van der Waals surface area contributed by atoms with Crippen molar-refractivity contribution in [1.29, 1.82) is 0 Å². The number of hydrogen-bond acceptors (Lipinski definition) is 5. The fourth-order valence-electron chi connectivity index (χ4n) is 2.23. The first-order valence-corrected chi connectivity index (χ1v) is 9.19. The molecule has 0 radical (unpaired) electrons. The molecule has 0 unspecified atom stereocenters. The number of anilines is 1. The van der Waals surface area contributed by atoms with Crippen LogP contribution in [-0.2, 0) is 21.3 Å². The van der Waals surface area contributed by atoms with Gasteiger partial charge in [0, 0.05) is 10.8 Å². The molecule has 0 saturated heterocycles. The fraction of sp³-hybridized carbons (Fsp3) is 0.176. The average Bonchev–Trinajstić information content (AvgIpc) is 3.11. The number of tetrazole rings is 1. The number of hydrogen-bond donors (Lipinski definition) is 1. The van der Waals surface area contributed by atoms with Gasteiger partial charge in [-0.05, 0) is 41.6 Å². The molecule has 0 aliphatic rings. The van der Waals surface area contributed by atoms with Crippen molar-refractivity contribution in [3.63, 3.8) is 0 Å². The van der Waals surface area contributed by atoms with E-state index in [1.807, 2.05) is 30.3 Å². The lowest BCUT2D eigenvalue weighted by atomic mass is 10.3. The van der Waals surface area contributed by atoms with Crippen LogP contribution in [-0.4, -0.2) is 35.6 Å². The zero-order valence-corrected chi connectivity index (χ0v) is 14.7. The smallest absolute Gasteiger partial charge is 0.239 e. The molecule has 0 spiro atoms. The van der Waals surface area contributed by atoms with Crippen LogP contribution >= 0.6 is 0 Å². The molecule has 0 saturated carbocycles. The molecule has 1 aromatic heterocycles. The van der Waals surface area contributed by atoms with Crippen LogP contribution in [0.5, 0.6) is 0 Å². The minimum atomic E-state index is -1.59. The largest absolute Gasteiger partial charge is 0.323 e. The molecule has 26 heavy (non-hydrogen) atoms. The van der Waals surface area contributed by atoms with Crippen LogP contribution < -0.4 is 5.32 Å². The summed E-state index contributed by atoms with van der Waals surface area (Å²) in [6.45, 7) is 1.52. The molecule has 2 aromatic carbocycles. The van der Waals surface area contributed by atoms with E-state index in [2.05, 4.69) is 20.8 Å². The summed E-state index contributed by atoms with van der Waals surface area (Å²) in [4.78, 5) is 12.3. The number of halogens is 1. The maximum atomic E-state index is 13.6. The van der Waals surface area contributed by atoms with E-state index in [1.54, 1.807) is 6.07 Å². The van der Waals surface area contributed by atoms with Crippen LogP contribution in [0.3, 0.4) is 0 Å². The highest BCUT2D eigenvalue weighted by Crippen LogP contribution is 2.15. The van der Waals surface area contributed by atoms with E-state index in [1.165, 1.54) is 29.8 Å². The highest BCUT2D eigenvalue weighted by atomic mass is 32.2. The molecule has 1 heterocycles. The lowest BCUT2D eigenvalue weighted by Crippen LogP contribution is -2.30. The van der Waals surface area contributed by atoms with Gasteiger partial charge in [0.05, 0.1) is 17.1 Å². The standard InChI is InChI=1S/C17H16FN5O2S/c1-12(17(24)19-15-10-6-5-9-14(15)18)26(25)11-16-20-21-22-23(16)13-7-3-2-4-8-13/h2-10,12H,11H2,1H3,(H,19,24)/t12-,26+/m1/s1. The van der Waals surface area contributed by atoms with E-state index in [9.17, 15) is 13.4 Å². The van der Waals surface area contributed by atoms with E-state index in [0.717, 1.165) is 5.69 Å². The Hall–Kier alpha value is -2.94. The van der Waals surface area contributed by atoms with Crippen molar-refractivity contribution in [2.45, 2.75) is 17.9 Å². The summed E-state index contributed by atoms with van der Waals surface area (Å²) in [7, 11) is -1.59. The average molecular weight is 373 g/mol. The summed E-state index contributed by atoms with van der Waals surface area (Å²) < 4.78 is 27.7. The quantitative estimate of drug-likeness (QED) is 0.714. The Labute approximate surface area is 151 Å². The van der Waals surface area contributed by atoms with E-state index in [4.69, 9.17) is 0 Å². The van der Waals surface area contributed by atoms with Crippen molar-refractivity contribution in [2.24, 2.45) is 0 Å². The van der Waals surface area contributed by atoms with E-state index >= 15 is 0 Å². The predicted octanol–water partition coefficient (Wildman–Crippen LogP) is 2.08.